The van der Waals surface area contributed by atoms with E-state index in [4.69, 9.17) is 6.42 Å². The van der Waals surface area contributed by atoms with Gasteiger partial charge >= 0.3 is 0 Å². The highest BCUT2D eigenvalue weighted by Gasteiger charge is 2.21. The third-order valence-electron chi connectivity index (χ3n) is 9.68. The van der Waals surface area contributed by atoms with Crippen LogP contribution in [0.5, 0.6) is 0 Å². The number of fused-ring (bicyclic) bond motifs is 4. The molecule has 1 unspecified atom stereocenters. The van der Waals surface area contributed by atoms with Gasteiger partial charge in [-0.05, 0) is 114 Å². The number of rotatable bonds is 7. The zero-order valence-corrected chi connectivity index (χ0v) is 28.1. The summed E-state index contributed by atoms with van der Waals surface area (Å²) in [6, 6.07) is 32.6. The molecule has 2 bridgehead atoms. The smallest absolute Gasteiger partial charge is 0.0460 e. The van der Waals surface area contributed by atoms with Crippen LogP contribution in [0.3, 0.4) is 0 Å². The van der Waals surface area contributed by atoms with E-state index >= 15 is 0 Å². The Bertz CT molecular complexity index is 2150. The third kappa shape index (κ3) is 6.48. The molecule has 0 aromatic heterocycles. The molecule has 4 aromatic rings. The van der Waals surface area contributed by atoms with Crippen LogP contribution in [-0.4, -0.2) is 4.90 Å². The molecule has 0 saturated carbocycles. The molecule has 48 heavy (non-hydrogen) atoms. The van der Waals surface area contributed by atoms with Gasteiger partial charge in [0.2, 0.25) is 0 Å². The normalized spacial score (nSPS) is 16.8. The SMILES string of the molecule is C#Cc1ccccc1-c1ccc(C2C=CC(N(C3=CC=C4CC(=C3)C=Cc3ccccc34)/C(C)=C/Cc3cccc(C)c3)=CC2)cc1C. The Balaban J connectivity index is 1.21. The van der Waals surface area contributed by atoms with E-state index in [2.05, 4.69) is 165 Å². The van der Waals surface area contributed by atoms with E-state index in [1.54, 1.807) is 0 Å². The molecule has 0 saturated heterocycles. The summed E-state index contributed by atoms with van der Waals surface area (Å²) in [4.78, 5) is 2.44. The Morgan fingerprint density at radius 3 is 2.46 bits per heavy atom. The summed E-state index contributed by atoms with van der Waals surface area (Å²) < 4.78 is 0. The topological polar surface area (TPSA) is 3.24 Å². The van der Waals surface area contributed by atoms with Crippen molar-refractivity contribution >= 4 is 11.6 Å². The van der Waals surface area contributed by atoms with Gasteiger partial charge in [0.25, 0.3) is 0 Å². The molecular formula is C47H41N. The predicted octanol–water partition coefficient (Wildman–Crippen LogP) is 11.7. The van der Waals surface area contributed by atoms with E-state index in [1.165, 1.54) is 67.2 Å². The molecule has 0 amide bonds. The molecule has 3 aliphatic carbocycles. The summed E-state index contributed by atoms with van der Waals surface area (Å²) in [6.07, 6.45) is 29.6. The highest BCUT2D eigenvalue weighted by molar-refractivity contribution is 5.81. The van der Waals surface area contributed by atoms with Gasteiger partial charge in [-0.3, -0.25) is 0 Å². The van der Waals surface area contributed by atoms with Crippen LogP contribution in [-0.2, 0) is 6.42 Å². The fourth-order valence-corrected chi connectivity index (χ4v) is 7.15. The van der Waals surface area contributed by atoms with Gasteiger partial charge in [-0.25, -0.2) is 0 Å². The average molecular weight is 620 g/mol. The molecule has 1 nitrogen and oxygen atoms in total. The lowest BCUT2D eigenvalue weighted by Gasteiger charge is -2.31. The number of benzene rings is 4. The van der Waals surface area contributed by atoms with Gasteiger partial charge in [-0.15, -0.1) is 6.42 Å². The fraction of sp³-hybridized carbons (Fsp3) is 0.149. The molecule has 4 aromatic carbocycles. The number of allylic oxidation sites excluding steroid dienone is 11. The van der Waals surface area contributed by atoms with Crippen molar-refractivity contribution < 1.29 is 0 Å². The van der Waals surface area contributed by atoms with Crippen LogP contribution < -0.4 is 0 Å². The first-order chi connectivity index (χ1) is 23.5. The van der Waals surface area contributed by atoms with Gasteiger partial charge in [0.05, 0.1) is 0 Å². The van der Waals surface area contributed by atoms with Gasteiger partial charge in [0.15, 0.2) is 0 Å². The first kappa shape index (κ1) is 31.0. The van der Waals surface area contributed by atoms with E-state index in [0.29, 0.717) is 5.92 Å². The summed E-state index contributed by atoms with van der Waals surface area (Å²) in [6.45, 7) is 6.59. The van der Waals surface area contributed by atoms with Gasteiger partial charge < -0.3 is 4.90 Å². The third-order valence-corrected chi connectivity index (χ3v) is 9.68. The van der Waals surface area contributed by atoms with Crippen molar-refractivity contribution in [1.29, 1.82) is 0 Å². The molecule has 3 aliphatic rings. The highest BCUT2D eigenvalue weighted by atomic mass is 15.2. The van der Waals surface area contributed by atoms with Crippen molar-refractivity contribution in [3.05, 3.63) is 201 Å². The second-order valence-electron chi connectivity index (χ2n) is 13.1. The Morgan fingerprint density at radius 2 is 1.67 bits per heavy atom. The summed E-state index contributed by atoms with van der Waals surface area (Å²) >= 11 is 0. The fourth-order valence-electron chi connectivity index (χ4n) is 7.15. The number of hydrogen-bond donors (Lipinski definition) is 0. The minimum absolute atomic E-state index is 0.313. The van der Waals surface area contributed by atoms with Crippen molar-refractivity contribution in [2.45, 2.75) is 46.0 Å². The Labute approximate surface area is 286 Å². The van der Waals surface area contributed by atoms with Crippen molar-refractivity contribution in [2.75, 3.05) is 0 Å². The summed E-state index contributed by atoms with van der Waals surface area (Å²) in [7, 11) is 0. The lowest BCUT2D eigenvalue weighted by Crippen LogP contribution is -2.21. The molecule has 7 rings (SSSR count). The molecule has 0 radical (unpaired) electrons. The zero-order chi connectivity index (χ0) is 33.0. The van der Waals surface area contributed by atoms with Gasteiger partial charge in [-0.2, -0.15) is 0 Å². The Morgan fingerprint density at radius 1 is 0.833 bits per heavy atom. The number of nitrogens with zero attached hydrogens (tertiary/aromatic N) is 1. The Kier molecular flexibility index (Phi) is 8.82. The molecule has 1 heteroatoms. The van der Waals surface area contributed by atoms with Gasteiger partial charge in [0.1, 0.15) is 0 Å². The Hall–Kier alpha value is -5.58. The minimum Gasteiger partial charge on any atom is -0.315 e. The van der Waals surface area contributed by atoms with E-state index in [0.717, 1.165) is 30.4 Å². The van der Waals surface area contributed by atoms with Crippen molar-refractivity contribution in [1.82, 2.24) is 4.90 Å². The molecule has 0 fully saturated rings. The van der Waals surface area contributed by atoms with Crippen molar-refractivity contribution in [2.24, 2.45) is 0 Å². The van der Waals surface area contributed by atoms with Crippen molar-refractivity contribution in [3.8, 4) is 23.5 Å². The molecule has 1 atom stereocenters. The average Bonchev–Trinajstić information content (AvgIpc) is 3.43. The molecule has 234 valence electrons. The van der Waals surface area contributed by atoms with Crippen LogP contribution in [0.15, 0.2) is 162 Å². The van der Waals surface area contributed by atoms with Crippen LogP contribution in [0.4, 0.5) is 0 Å². The lowest BCUT2D eigenvalue weighted by molar-refractivity contribution is 0.548. The first-order valence-electron chi connectivity index (χ1n) is 16.9. The van der Waals surface area contributed by atoms with Crippen LogP contribution in [0.1, 0.15) is 64.6 Å². The van der Waals surface area contributed by atoms with Gasteiger partial charge in [0, 0.05) is 28.6 Å². The zero-order valence-electron chi connectivity index (χ0n) is 28.1. The molecule has 0 heterocycles. The van der Waals surface area contributed by atoms with E-state index in [1.807, 2.05) is 12.1 Å². The maximum atomic E-state index is 5.82. The predicted molar refractivity (Wildman–Crippen MR) is 204 cm³/mol. The van der Waals surface area contributed by atoms with Crippen LogP contribution >= 0.6 is 0 Å². The monoisotopic (exact) mass is 619 g/mol. The van der Waals surface area contributed by atoms with Gasteiger partial charge in [-0.1, -0.05) is 133 Å². The summed E-state index contributed by atoms with van der Waals surface area (Å²) in [5.74, 6) is 3.16. The highest BCUT2D eigenvalue weighted by Crippen LogP contribution is 2.38. The quantitative estimate of drug-likeness (QED) is 0.186. The molecule has 0 aliphatic heterocycles. The number of terminal acetylenes is 1. The summed E-state index contributed by atoms with van der Waals surface area (Å²) in [5, 5.41) is 0. The summed E-state index contributed by atoms with van der Waals surface area (Å²) in [5.41, 5.74) is 17.3. The van der Waals surface area contributed by atoms with Crippen molar-refractivity contribution in [3.63, 3.8) is 0 Å². The largest absolute Gasteiger partial charge is 0.315 e. The second kappa shape index (κ2) is 13.6. The van der Waals surface area contributed by atoms with Crippen LogP contribution in [0.2, 0.25) is 0 Å². The maximum absolute atomic E-state index is 5.82. The first-order valence-corrected chi connectivity index (χ1v) is 16.9. The molecular weight excluding hydrogens is 579 g/mol. The van der Waals surface area contributed by atoms with Crippen LogP contribution in [0.25, 0.3) is 22.8 Å². The molecule has 0 N–H and O–H groups in total. The standard InChI is InChI=1S/C47H41N/c1-5-38-13-6-9-16-47(38)45-28-24-41(30-34(45)3)39-21-25-43(26-22-39)48(35(4)17-18-36-12-10-11-33(2)29-36)44-27-23-42-31-37(32-44)19-20-40-14-7-8-15-46(40)42/h1,6-17,19-21,23-30,32,39H,18,22,31H2,2-4H3/b35-17+. The second-order valence-corrected chi connectivity index (χ2v) is 13.1. The van der Waals surface area contributed by atoms with E-state index in [-0.39, 0.29) is 0 Å². The van der Waals surface area contributed by atoms with E-state index < -0.39 is 0 Å². The lowest BCUT2D eigenvalue weighted by atomic mass is 9.87. The number of hydrogen-bond acceptors (Lipinski definition) is 1. The van der Waals surface area contributed by atoms with Crippen LogP contribution in [0, 0.1) is 26.2 Å². The minimum atomic E-state index is 0.313. The maximum Gasteiger partial charge on any atom is 0.0460 e. The van der Waals surface area contributed by atoms with E-state index in [9.17, 15) is 0 Å². The number of aryl methyl sites for hydroxylation is 2. The molecule has 0 spiro atoms.